The van der Waals surface area contributed by atoms with Crippen LogP contribution < -0.4 is 20.5 Å². The van der Waals surface area contributed by atoms with Gasteiger partial charge in [-0.15, -0.1) is 0 Å². The van der Waals surface area contributed by atoms with Gasteiger partial charge in [0.1, 0.15) is 11.5 Å². The minimum absolute atomic E-state index is 0.691. The molecule has 0 unspecified atom stereocenters. The van der Waals surface area contributed by atoms with Crippen molar-refractivity contribution in [2.45, 2.75) is 12.8 Å². The van der Waals surface area contributed by atoms with E-state index in [0.29, 0.717) is 5.69 Å². The van der Waals surface area contributed by atoms with E-state index in [1.165, 1.54) is 5.56 Å². The van der Waals surface area contributed by atoms with Crippen LogP contribution in [-0.4, -0.2) is 20.8 Å². The Morgan fingerprint density at radius 1 is 1.05 bits per heavy atom. The predicted molar refractivity (Wildman–Crippen MR) is 87.2 cm³/mol. The summed E-state index contributed by atoms with van der Waals surface area (Å²) < 4.78 is 10.4. The minimum Gasteiger partial charge on any atom is -0.497 e. The number of anilines is 2. The van der Waals surface area contributed by atoms with Crippen molar-refractivity contribution in [3.05, 3.63) is 48.0 Å². The van der Waals surface area contributed by atoms with Gasteiger partial charge < -0.3 is 20.5 Å². The minimum atomic E-state index is 0.691. The Bertz CT molecular complexity index is 585. The molecule has 0 heterocycles. The lowest BCUT2D eigenvalue weighted by Crippen LogP contribution is -2.03. The van der Waals surface area contributed by atoms with Gasteiger partial charge in [0.25, 0.3) is 0 Å². The topological polar surface area (TPSA) is 56.5 Å². The van der Waals surface area contributed by atoms with Crippen molar-refractivity contribution < 1.29 is 9.47 Å². The van der Waals surface area contributed by atoms with Gasteiger partial charge in [-0.2, -0.15) is 0 Å². The number of nitrogens with two attached hydrogens (primary N) is 1. The quantitative estimate of drug-likeness (QED) is 0.605. The number of hydrogen-bond donors (Lipinski definition) is 2. The Morgan fingerprint density at radius 2 is 1.90 bits per heavy atom. The molecule has 2 aromatic carbocycles. The van der Waals surface area contributed by atoms with Gasteiger partial charge in [0.2, 0.25) is 0 Å². The number of benzene rings is 2. The zero-order chi connectivity index (χ0) is 15.1. The molecule has 0 atom stereocenters. The molecule has 4 heteroatoms. The summed E-state index contributed by atoms with van der Waals surface area (Å²) in [5, 5.41) is 3.39. The number of methoxy groups -OCH3 is 2. The van der Waals surface area contributed by atoms with E-state index in [-0.39, 0.29) is 0 Å². The average Bonchev–Trinajstić information content (AvgIpc) is 2.52. The summed E-state index contributed by atoms with van der Waals surface area (Å²) in [6, 6.07) is 13.9. The first-order chi connectivity index (χ1) is 10.2. The molecule has 2 rings (SSSR count). The summed E-state index contributed by atoms with van der Waals surface area (Å²) in [7, 11) is 3.30. The van der Waals surface area contributed by atoms with Crippen molar-refractivity contribution in [1.29, 1.82) is 0 Å². The maximum atomic E-state index is 5.90. The lowest BCUT2D eigenvalue weighted by molar-refractivity contribution is 0.415. The van der Waals surface area contributed by atoms with Crippen LogP contribution in [0, 0.1) is 0 Å². The van der Waals surface area contributed by atoms with Crippen molar-refractivity contribution in [3.63, 3.8) is 0 Å². The molecular weight excluding hydrogens is 264 g/mol. The van der Waals surface area contributed by atoms with Gasteiger partial charge in [-0.05, 0) is 42.7 Å². The Hall–Kier alpha value is -2.36. The van der Waals surface area contributed by atoms with Gasteiger partial charge in [0.15, 0.2) is 0 Å². The van der Waals surface area contributed by atoms with E-state index in [4.69, 9.17) is 15.2 Å². The van der Waals surface area contributed by atoms with E-state index in [9.17, 15) is 0 Å². The molecule has 0 spiro atoms. The number of nitrogen functional groups attached to an aromatic ring is 1. The summed E-state index contributed by atoms with van der Waals surface area (Å²) in [5.74, 6) is 1.59. The van der Waals surface area contributed by atoms with Crippen LogP contribution in [0.2, 0.25) is 0 Å². The largest absolute Gasteiger partial charge is 0.497 e. The Morgan fingerprint density at radius 3 is 2.62 bits per heavy atom. The lowest BCUT2D eigenvalue weighted by atomic mass is 10.1. The summed E-state index contributed by atoms with van der Waals surface area (Å²) in [6.07, 6.45) is 2.01. The zero-order valence-corrected chi connectivity index (χ0v) is 12.6. The van der Waals surface area contributed by atoms with Crippen molar-refractivity contribution >= 4 is 11.4 Å². The normalized spacial score (nSPS) is 10.2. The smallest absolute Gasteiger partial charge is 0.141 e. The SMILES string of the molecule is COc1cccc(NCCCc2ccc(OC)c(N)c2)c1. The Balaban J connectivity index is 1.80. The van der Waals surface area contributed by atoms with Gasteiger partial charge in [0.05, 0.1) is 19.9 Å². The second-order valence-electron chi connectivity index (χ2n) is 4.84. The third-order valence-corrected chi connectivity index (χ3v) is 3.34. The maximum Gasteiger partial charge on any atom is 0.141 e. The molecule has 0 aliphatic heterocycles. The maximum absolute atomic E-state index is 5.90. The number of nitrogens with one attached hydrogen (secondary N) is 1. The molecule has 0 aromatic heterocycles. The summed E-state index contributed by atoms with van der Waals surface area (Å²) in [4.78, 5) is 0. The first kappa shape index (κ1) is 15.0. The summed E-state index contributed by atoms with van der Waals surface area (Å²) >= 11 is 0. The highest BCUT2D eigenvalue weighted by molar-refractivity contribution is 5.54. The highest BCUT2D eigenvalue weighted by Crippen LogP contribution is 2.22. The fourth-order valence-electron chi connectivity index (χ4n) is 2.20. The molecule has 0 saturated heterocycles. The summed E-state index contributed by atoms with van der Waals surface area (Å²) in [6.45, 7) is 0.902. The highest BCUT2D eigenvalue weighted by atomic mass is 16.5. The van der Waals surface area contributed by atoms with Crippen LogP contribution in [0.4, 0.5) is 11.4 Å². The molecule has 0 saturated carbocycles. The van der Waals surface area contributed by atoms with E-state index >= 15 is 0 Å². The van der Waals surface area contributed by atoms with E-state index in [2.05, 4.69) is 11.4 Å². The highest BCUT2D eigenvalue weighted by Gasteiger charge is 2.01. The molecule has 0 aliphatic rings. The van der Waals surface area contributed by atoms with Gasteiger partial charge >= 0.3 is 0 Å². The first-order valence-corrected chi connectivity index (χ1v) is 7.03. The third-order valence-electron chi connectivity index (χ3n) is 3.34. The number of ether oxygens (including phenoxy) is 2. The number of aryl methyl sites for hydroxylation is 1. The second-order valence-corrected chi connectivity index (χ2v) is 4.84. The Labute approximate surface area is 125 Å². The zero-order valence-electron chi connectivity index (χ0n) is 12.6. The monoisotopic (exact) mass is 286 g/mol. The molecule has 0 aliphatic carbocycles. The van der Waals surface area contributed by atoms with Crippen molar-refractivity contribution in [3.8, 4) is 11.5 Å². The first-order valence-electron chi connectivity index (χ1n) is 7.03. The molecule has 0 radical (unpaired) electrons. The molecule has 0 fully saturated rings. The van der Waals surface area contributed by atoms with Crippen molar-refractivity contribution in [1.82, 2.24) is 0 Å². The van der Waals surface area contributed by atoms with Gasteiger partial charge in [0, 0.05) is 18.3 Å². The van der Waals surface area contributed by atoms with Crippen LogP contribution in [-0.2, 0) is 6.42 Å². The molecule has 3 N–H and O–H groups in total. The van der Waals surface area contributed by atoms with Gasteiger partial charge in [-0.1, -0.05) is 12.1 Å². The molecule has 0 bridgehead atoms. The van der Waals surface area contributed by atoms with Crippen LogP contribution >= 0.6 is 0 Å². The van der Waals surface area contributed by atoms with Crippen LogP contribution in [0.1, 0.15) is 12.0 Å². The molecule has 0 amide bonds. The standard InChI is InChI=1S/C17H22N2O2/c1-20-15-7-3-6-14(12-15)19-10-4-5-13-8-9-17(21-2)16(18)11-13/h3,6-9,11-12,19H,4-5,10,18H2,1-2H3. The number of hydrogen-bond acceptors (Lipinski definition) is 4. The van der Waals surface area contributed by atoms with Crippen molar-refractivity contribution in [2.24, 2.45) is 0 Å². The second kappa shape index (κ2) is 7.43. The molecule has 4 nitrogen and oxygen atoms in total. The van der Waals surface area contributed by atoms with Gasteiger partial charge in [-0.25, -0.2) is 0 Å². The molecular formula is C17H22N2O2. The molecule has 2 aromatic rings. The Kier molecular flexibility index (Phi) is 5.32. The average molecular weight is 286 g/mol. The van der Waals surface area contributed by atoms with Crippen LogP contribution in [0.5, 0.6) is 11.5 Å². The van der Waals surface area contributed by atoms with E-state index in [0.717, 1.165) is 36.6 Å². The van der Waals surface area contributed by atoms with E-state index in [1.54, 1.807) is 14.2 Å². The fraction of sp³-hybridized carbons (Fsp3) is 0.294. The van der Waals surface area contributed by atoms with Crippen LogP contribution in [0.15, 0.2) is 42.5 Å². The van der Waals surface area contributed by atoms with Gasteiger partial charge in [-0.3, -0.25) is 0 Å². The van der Waals surface area contributed by atoms with E-state index in [1.807, 2.05) is 36.4 Å². The molecule has 112 valence electrons. The third kappa shape index (κ3) is 4.31. The lowest BCUT2D eigenvalue weighted by Gasteiger charge is -2.09. The van der Waals surface area contributed by atoms with Crippen LogP contribution in [0.25, 0.3) is 0 Å². The van der Waals surface area contributed by atoms with E-state index < -0.39 is 0 Å². The fourth-order valence-corrected chi connectivity index (χ4v) is 2.20. The van der Waals surface area contributed by atoms with Crippen molar-refractivity contribution in [2.75, 3.05) is 31.8 Å². The predicted octanol–water partition coefficient (Wildman–Crippen LogP) is 3.33. The van der Waals surface area contributed by atoms with Crippen LogP contribution in [0.3, 0.4) is 0 Å². The molecule has 21 heavy (non-hydrogen) atoms. The number of rotatable bonds is 7. The summed E-state index contributed by atoms with van der Waals surface area (Å²) in [5.41, 5.74) is 8.89.